The van der Waals surface area contributed by atoms with Crippen LogP contribution < -0.4 is 20.1 Å². The molecule has 5 nitrogen and oxygen atoms in total. The molecule has 0 saturated heterocycles. The van der Waals surface area contributed by atoms with Gasteiger partial charge in [-0.1, -0.05) is 78.4 Å². The second-order valence-electron chi connectivity index (χ2n) is 9.30. The number of hydrogen-bond donors (Lipinski definition) is 2. The highest BCUT2D eigenvalue weighted by Gasteiger charge is 2.16. The molecule has 4 rings (SSSR count). The Morgan fingerprint density at radius 3 is 2.43 bits per heavy atom. The van der Waals surface area contributed by atoms with E-state index in [0.717, 1.165) is 41.3 Å². The van der Waals surface area contributed by atoms with Gasteiger partial charge in [-0.25, -0.2) is 0 Å². The highest BCUT2D eigenvalue weighted by Crippen LogP contribution is 2.27. The number of rotatable bonds is 10. The third-order valence-electron chi connectivity index (χ3n) is 6.54. The van der Waals surface area contributed by atoms with Gasteiger partial charge in [-0.15, -0.1) is 0 Å². The third-order valence-corrected chi connectivity index (χ3v) is 7.23. The first kappa shape index (κ1) is 27.1. The van der Waals surface area contributed by atoms with Crippen molar-refractivity contribution < 1.29 is 14.3 Å². The first-order valence-corrected chi connectivity index (χ1v) is 14.1. The molecular weight excluding hydrogens is 548 g/mol. The van der Waals surface area contributed by atoms with Crippen molar-refractivity contribution in [3.63, 3.8) is 0 Å². The number of hydrogen-bond acceptors (Lipinski definition) is 4. The van der Waals surface area contributed by atoms with E-state index in [2.05, 4.69) is 38.7 Å². The van der Waals surface area contributed by atoms with E-state index in [4.69, 9.17) is 21.7 Å². The van der Waals surface area contributed by atoms with E-state index in [1.54, 1.807) is 12.1 Å². The highest BCUT2D eigenvalue weighted by molar-refractivity contribution is 9.10. The van der Waals surface area contributed by atoms with Crippen LogP contribution in [0.3, 0.4) is 0 Å². The molecule has 1 aliphatic rings. The summed E-state index contributed by atoms with van der Waals surface area (Å²) < 4.78 is 12.7. The second kappa shape index (κ2) is 14.1. The van der Waals surface area contributed by atoms with Crippen LogP contribution in [0.1, 0.15) is 54.4 Å². The van der Waals surface area contributed by atoms with Gasteiger partial charge in [-0.05, 0) is 72.6 Å². The molecule has 194 valence electrons. The van der Waals surface area contributed by atoms with Crippen molar-refractivity contribution in [1.82, 2.24) is 5.32 Å². The Hall–Kier alpha value is -2.90. The van der Waals surface area contributed by atoms with E-state index in [0.29, 0.717) is 17.9 Å². The highest BCUT2D eigenvalue weighted by atomic mass is 79.9. The van der Waals surface area contributed by atoms with Gasteiger partial charge in [-0.2, -0.15) is 0 Å². The van der Waals surface area contributed by atoms with Crippen molar-refractivity contribution >= 4 is 44.9 Å². The van der Waals surface area contributed by atoms with Crippen LogP contribution >= 0.6 is 28.1 Å². The lowest BCUT2D eigenvalue weighted by atomic mass is 9.87. The predicted octanol–water partition coefficient (Wildman–Crippen LogP) is 7.55. The molecule has 2 N–H and O–H groups in total. The van der Waals surface area contributed by atoms with Crippen molar-refractivity contribution in [2.75, 3.05) is 18.5 Å². The summed E-state index contributed by atoms with van der Waals surface area (Å²) in [6, 6.07) is 23.1. The van der Waals surface area contributed by atoms with E-state index in [1.807, 2.05) is 48.5 Å². The van der Waals surface area contributed by atoms with Gasteiger partial charge in [0.25, 0.3) is 5.91 Å². The molecule has 0 radical (unpaired) electrons. The van der Waals surface area contributed by atoms with E-state index >= 15 is 0 Å². The van der Waals surface area contributed by atoms with E-state index in [1.165, 1.54) is 37.7 Å². The largest absolute Gasteiger partial charge is 0.494 e. The van der Waals surface area contributed by atoms with Gasteiger partial charge in [0, 0.05) is 16.6 Å². The molecule has 1 amide bonds. The van der Waals surface area contributed by atoms with Gasteiger partial charge >= 0.3 is 0 Å². The zero-order chi connectivity index (χ0) is 25.9. The molecule has 7 heteroatoms. The quantitative estimate of drug-likeness (QED) is 0.242. The smallest absolute Gasteiger partial charge is 0.261 e. The lowest BCUT2D eigenvalue weighted by molar-refractivity contribution is 0.0973. The number of nitrogens with one attached hydrogen (secondary N) is 2. The van der Waals surface area contributed by atoms with Crippen molar-refractivity contribution in [3.05, 3.63) is 88.4 Å². The average molecular weight is 582 g/mol. The fourth-order valence-electron chi connectivity index (χ4n) is 4.52. The Labute approximate surface area is 233 Å². The Kier molecular flexibility index (Phi) is 10.4. The normalized spacial score (nSPS) is 13.5. The molecule has 0 atom stereocenters. The van der Waals surface area contributed by atoms with Crippen molar-refractivity contribution in [3.8, 4) is 11.5 Å². The topological polar surface area (TPSA) is 59.6 Å². The van der Waals surface area contributed by atoms with Gasteiger partial charge in [0.05, 0.1) is 18.8 Å². The maximum absolute atomic E-state index is 13.0. The SMILES string of the molecule is O=C(NC(=S)Nc1ccc(OCCC2CCCCC2)cc1)c1cc(Br)ccc1OCCc1ccccc1. The standard InChI is InChI=1S/C30H33BrN2O3S/c31-24-11-16-28(36-20-18-23-9-5-2-6-10-23)27(21-24)29(34)33-30(37)32-25-12-14-26(15-13-25)35-19-17-22-7-3-1-4-8-22/h2,5-6,9-16,21-22H,1,3-4,7-8,17-20H2,(H2,32,33,34,37). The molecule has 0 aromatic heterocycles. The number of carbonyl (C=O) groups is 1. The van der Waals surface area contributed by atoms with E-state index < -0.39 is 0 Å². The molecule has 3 aromatic carbocycles. The summed E-state index contributed by atoms with van der Waals surface area (Å²) in [6.45, 7) is 1.21. The monoisotopic (exact) mass is 580 g/mol. The summed E-state index contributed by atoms with van der Waals surface area (Å²) in [7, 11) is 0. The summed E-state index contributed by atoms with van der Waals surface area (Å²) in [5, 5.41) is 6.04. The number of carbonyl (C=O) groups excluding carboxylic acids is 1. The lowest BCUT2D eigenvalue weighted by Crippen LogP contribution is -2.34. The number of benzene rings is 3. The molecule has 1 fully saturated rings. The number of halogens is 1. The van der Waals surface area contributed by atoms with Gasteiger partial charge in [0.2, 0.25) is 0 Å². The minimum absolute atomic E-state index is 0.214. The molecular formula is C30H33BrN2O3S. The van der Waals surface area contributed by atoms with Crippen LogP contribution in [0.4, 0.5) is 5.69 Å². The fourth-order valence-corrected chi connectivity index (χ4v) is 5.09. The Morgan fingerprint density at radius 1 is 0.919 bits per heavy atom. The molecule has 0 bridgehead atoms. The van der Waals surface area contributed by atoms with Gasteiger partial charge < -0.3 is 14.8 Å². The molecule has 0 spiro atoms. The summed E-state index contributed by atoms with van der Waals surface area (Å²) in [6.07, 6.45) is 8.60. The van der Waals surface area contributed by atoms with Crippen molar-refractivity contribution in [1.29, 1.82) is 0 Å². The number of thiocarbonyl (C=S) groups is 1. The number of ether oxygens (including phenoxy) is 2. The zero-order valence-electron chi connectivity index (χ0n) is 20.9. The van der Waals surface area contributed by atoms with E-state index in [9.17, 15) is 4.79 Å². The van der Waals surface area contributed by atoms with Gasteiger partial charge in [0.15, 0.2) is 5.11 Å². The molecule has 37 heavy (non-hydrogen) atoms. The van der Waals surface area contributed by atoms with Crippen molar-refractivity contribution in [2.24, 2.45) is 5.92 Å². The minimum atomic E-state index is -0.337. The molecule has 3 aromatic rings. The van der Waals surface area contributed by atoms with Crippen LogP contribution in [0.5, 0.6) is 11.5 Å². The summed E-state index contributed by atoms with van der Waals surface area (Å²) in [4.78, 5) is 13.0. The summed E-state index contributed by atoms with van der Waals surface area (Å²) >= 11 is 8.83. The number of amides is 1. The van der Waals surface area contributed by atoms with E-state index in [-0.39, 0.29) is 11.0 Å². The van der Waals surface area contributed by atoms with Crippen LogP contribution in [-0.4, -0.2) is 24.2 Å². The van der Waals surface area contributed by atoms with Crippen LogP contribution in [0.15, 0.2) is 77.3 Å². The minimum Gasteiger partial charge on any atom is -0.494 e. The second-order valence-corrected chi connectivity index (χ2v) is 10.6. The van der Waals surface area contributed by atoms with Crippen LogP contribution in [-0.2, 0) is 6.42 Å². The van der Waals surface area contributed by atoms with Crippen LogP contribution in [0.25, 0.3) is 0 Å². The zero-order valence-corrected chi connectivity index (χ0v) is 23.3. The number of anilines is 1. The first-order valence-electron chi connectivity index (χ1n) is 12.9. The van der Waals surface area contributed by atoms with Crippen LogP contribution in [0.2, 0.25) is 0 Å². The fraction of sp³-hybridized carbons (Fsp3) is 0.333. The van der Waals surface area contributed by atoms with Gasteiger partial charge in [0.1, 0.15) is 11.5 Å². The maximum Gasteiger partial charge on any atom is 0.261 e. The first-order chi connectivity index (χ1) is 18.1. The van der Waals surface area contributed by atoms with Gasteiger partial charge in [-0.3, -0.25) is 10.1 Å². The predicted molar refractivity (Wildman–Crippen MR) is 157 cm³/mol. The maximum atomic E-state index is 13.0. The Morgan fingerprint density at radius 2 is 1.68 bits per heavy atom. The average Bonchev–Trinajstić information content (AvgIpc) is 2.91. The molecule has 0 heterocycles. The molecule has 0 aliphatic heterocycles. The van der Waals surface area contributed by atoms with Crippen LogP contribution in [0, 0.1) is 5.92 Å². The Balaban J connectivity index is 1.25. The lowest BCUT2D eigenvalue weighted by Gasteiger charge is -2.21. The third kappa shape index (κ3) is 8.86. The summed E-state index contributed by atoms with van der Waals surface area (Å²) in [5.41, 5.74) is 2.36. The van der Waals surface area contributed by atoms with Crippen molar-refractivity contribution in [2.45, 2.75) is 44.9 Å². The molecule has 1 aliphatic carbocycles. The molecule has 1 saturated carbocycles. The molecule has 0 unspecified atom stereocenters. The Bertz CT molecular complexity index is 1170. The summed E-state index contributed by atoms with van der Waals surface area (Å²) in [5.74, 6) is 1.81.